The van der Waals surface area contributed by atoms with Crippen LogP contribution in [0.5, 0.6) is 0 Å². The fourth-order valence-electron chi connectivity index (χ4n) is 2.77. The van der Waals surface area contributed by atoms with Crippen molar-refractivity contribution in [1.82, 2.24) is 4.98 Å². The molecule has 1 aliphatic carbocycles. The zero-order valence-corrected chi connectivity index (χ0v) is 10.7. The van der Waals surface area contributed by atoms with Gasteiger partial charge < -0.3 is 5.11 Å². The summed E-state index contributed by atoms with van der Waals surface area (Å²) in [5.41, 5.74) is 1.23. The fourth-order valence-corrected chi connectivity index (χ4v) is 2.77. The number of hydrogen-bond acceptors (Lipinski definition) is 2. The van der Waals surface area contributed by atoms with Crippen molar-refractivity contribution in [2.45, 2.75) is 51.6 Å². The average molecular weight is 233 g/mol. The summed E-state index contributed by atoms with van der Waals surface area (Å²) < 4.78 is 0. The van der Waals surface area contributed by atoms with Gasteiger partial charge in [0, 0.05) is 12.4 Å². The van der Waals surface area contributed by atoms with E-state index in [1.165, 1.54) is 31.2 Å². The molecule has 0 aliphatic heterocycles. The first-order chi connectivity index (χ1) is 8.25. The van der Waals surface area contributed by atoms with Crippen molar-refractivity contribution in [2.24, 2.45) is 11.8 Å². The second kappa shape index (κ2) is 6.15. The summed E-state index contributed by atoms with van der Waals surface area (Å²) in [7, 11) is 0. The predicted octanol–water partition coefficient (Wildman–Crippen LogP) is 3.20. The van der Waals surface area contributed by atoms with E-state index in [-0.39, 0.29) is 6.10 Å². The topological polar surface area (TPSA) is 33.1 Å². The third-order valence-electron chi connectivity index (χ3n) is 4.06. The third-order valence-corrected chi connectivity index (χ3v) is 4.06. The lowest BCUT2D eigenvalue weighted by Gasteiger charge is -2.29. The van der Waals surface area contributed by atoms with E-state index in [1.807, 2.05) is 12.3 Å². The largest absolute Gasteiger partial charge is 0.393 e. The summed E-state index contributed by atoms with van der Waals surface area (Å²) in [6, 6.07) is 4.05. The van der Waals surface area contributed by atoms with Crippen LogP contribution in [0.3, 0.4) is 0 Å². The van der Waals surface area contributed by atoms with Crippen LogP contribution in [-0.2, 0) is 6.42 Å². The molecule has 1 atom stereocenters. The van der Waals surface area contributed by atoms with Gasteiger partial charge in [-0.15, -0.1) is 0 Å². The van der Waals surface area contributed by atoms with Gasteiger partial charge in [-0.1, -0.05) is 25.8 Å². The Morgan fingerprint density at radius 1 is 1.35 bits per heavy atom. The van der Waals surface area contributed by atoms with Crippen LogP contribution < -0.4 is 0 Å². The zero-order valence-electron chi connectivity index (χ0n) is 10.7. The van der Waals surface area contributed by atoms with Gasteiger partial charge in [0.2, 0.25) is 0 Å². The summed E-state index contributed by atoms with van der Waals surface area (Å²) >= 11 is 0. The molecule has 0 aromatic carbocycles. The molecule has 2 nitrogen and oxygen atoms in total. The van der Waals surface area contributed by atoms with Gasteiger partial charge in [-0.3, -0.25) is 4.98 Å². The van der Waals surface area contributed by atoms with Crippen LogP contribution in [-0.4, -0.2) is 16.2 Å². The highest BCUT2D eigenvalue weighted by Gasteiger charge is 2.24. The lowest BCUT2D eigenvalue weighted by Crippen LogP contribution is -2.25. The molecule has 1 aliphatic rings. The lowest BCUT2D eigenvalue weighted by molar-refractivity contribution is 0.0690. The highest BCUT2D eigenvalue weighted by atomic mass is 16.3. The first-order valence-electron chi connectivity index (χ1n) is 6.82. The number of pyridine rings is 1. The summed E-state index contributed by atoms with van der Waals surface area (Å²) in [5.74, 6) is 1.39. The molecular weight excluding hydrogens is 210 g/mol. The second-order valence-electron chi connectivity index (χ2n) is 5.49. The van der Waals surface area contributed by atoms with Crippen molar-refractivity contribution >= 4 is 0 Å². The molecule has 1 N–H and O–H groups in total. The average Bonchev–Trinajstić information content (AvgIpc) is 2.38. The van der Waals surface area contributed by atoms with Gasteiger partial charge in [-0.25, -0.2) is 0 Å². The Bertz CT molecular complexity index is 317. The third kappa shape index (κ3) is 3.81. The first-order valence-corrected chi connectivity index (χ1v) is 6.82. The van der Waals surface area contributed by atoms with Gasteiger partial charge in [0.15, 0.2) is 0 Å². The van der Waals surface area contributed by atoms with Gasteiger partial charge in [-0.05, 0) is 49.1 Å². The highest BCUT2D eigenvalue weighted by molar-refractivity contribution is 5.08. The Morgan fingerprint density at radius 3 is 2.76 bits per heavy atom. The van der Waals surface area contributed by atoms with E-state index in [2.05, 4.69) is 18.0 Å². The molecule has 1 unspecified atom stereocenters. The van der Waals surface area contributed by atoms with Crippen molar-refractivity contribution in [1.29, 1.82) is 0 Å². The van der Waals surface area contributed by atoms with Crippen LogP contribution in [0.25, 0.3) is 0 Å². The minimum atomic E-state index is -0.122. The fraction of sp³-hybridized carbons (Fsp3) is 0.667. The van der Waals surface area contributed by atoms with E-state index in [0.717, 1.165) is 18.8 Å². The Hall–Kier alpha value is -0.890. The molecule has 1 aromatic heterocycles. The quantitative estimate of drug-likeness (QED) is 0.866. The molecule has 1 heterocycles. The van der Waals surface area contributed by atoms with Crippen molar-refractivity contribution in [3.05, 3.63) is 30.1 Å². The van der Waals surface area contributed by atoms with Gasteiger partial charge in [0.05, 0.1) is 6.10 Å². The molecule has 0 spiro atoms. The maximum Gasteiger partial charge on any atom is 0.0571 e. The Morgan fingerprint density at radius 2 is 2.12 bits per heavy atom. The summed E-state index contributed by atoms with van der Waals surface area (Å²) in [6.45, 7) is 2.32. The Balaban J connectivity index is 1.75. The van der Waals surface area contributed by atoms with E-state index in [1.54, 1.807) is 6.20 Å². The minimum absolute atomic E-state index is 0.122. The summed E-state index contributed by atoms with van der Waals surface area (Å²) in [6.07, 6.45) is 10.4. The van der Waals surface area contributed by atoms with E-state index in [0.29, 0.717) is 5.92 Å². The SMILES string of the molecule is CC1CCC(C(O)CCc2cccnc2)CC1. The molecule has 1 fully saturated rings. The van der Waals surface area contributed by atoms with E-state index >= 15 is 0 Å². The number of aromatic nitrogens is 1. The maximum atomic E-state index is 10.2. The second-order valence-corrected chi connectivity index (χ2v) is 5.49. The van der Waals surface area contributed by atoms with E-state index < -0.39 is 0 Å². The van der Waals surface area contributed by atoms with Crippen LogP contribution >= 0.6 is 0 Å². The molecule has 94 valence electrons. The highest BCUT2D eigenvalue weighted by Crippen LogP contribution is 2.31. The molecule has 2 heteroatoms. The number of nitrogens with zero attached hydrogens (tertiary/aromatic N) is 1. The number of aryl methyl sites for hydroxylation is 1. The normalized spacial score (nSPS) is 26.7. The number of rotatable bonds is 4. The van der Waals surface area contributed by atoms with Crippen LogP contribution in [0.1, 0.15) is 44.6 Å². The summed E-state index contributed by atoms with van der Waals surface area (Å²) in [5, 5.41) is 10.2. The molecule has 0 saturated heterocycles. The predicted molar refractivity (Wildman–Crippen MR) is 69.7 cm³/mol. The molecule has 17 heavy (non-hydrogen) atoms. The smallest absolute Gasteiger partial charge is 0.0571 e. The van der Waals surface area contributed by atoms with E-state index in [9.17, 15) is 5.11 Å². The molecule has 1 aromatic rings. The Kier molecular flexibility index (Phi) is 4.55. The number of aliphatic hydroxyl groups excluding tert-OH is 1. The Labute approximate surface area is 104 Å². The van der Waals surface area contributed by atoms with Gasteiger partial charge in [0.1, 0.15) is 0 Å². The molecule has 0 bridgehead atoms. The molecular formula is C15H23NO. The molecule has 0 radical (unpaired) electrons. The van der Waals surface area contributed by atoms with E-state index in [4.69, 9.17) is 0 Å². The zero-order chi connectivity index (χ0) is 12.1. The van der Waals surface area contributed by atoms with Crippen LogP contribution in [0.2, 0.25) is 0 Å². The van der Waals surface area contributed by atoms with Crippen molar-refractivity contribution in [3.63, 3.8) is 0 Å². The molecule has 2 rings (SSSR count). The van der Waals surface area contributed by atoms with Crippen molar-refractivity contribution < 1.29 is 5.11 Å². The lowest BCUT2D eigenvalue weighted by atomic mass is 9.79. The monoisotopic (exact) mass is 233 g/mol. The number of aliphatic hydroxyl groups is 1. The van der Waals surface area contributed by atoms with Crippen LogP contribution in [0.15, 0.2) is 24.5 Å². The summed E-state index contributed by atoms with van der Waals surface area (Å²) in [4.78, 5) is 4.10. The van der Waals surface area contributed by atoms with Crippen molar-refractivity contribution in [3.8, 4) is 0 Å². The minimum Gasteiger partial charge on any atom is -0.393 e. The molecule has 1 saturated carbocycles. The standard InChI is InChI=1S/C15H23NO/c1-12-4-7-14(8-5-12)15(17)9-6-13-3-2-10-16-11-13/h2-3,10-12,14-15,17H,4-9H2,1H3. The first kappa shape index (κ1) is 12.6. The van der Waals surface area contributed by atoms with Gasteiger partial charge >= 0.3 is 0 Å². The van der Waals surface area contributed by atoms with Gasteiger partial charge in [0.25, 0.3) is 0 Å². The van der Waals surface area contributed by atoms with Crippen LogP contribution in [0, 0.1) is 11.8 Å². The van der Waals surface area contributed by atoms with Gasteiger partial charge in [-0.2, -0.15) is 0 Å². The maximum absolute atomic E-state index is 10.2. The van der Waals surface area contributed by atoms with Crippen LogP contribution in [0.4, 0.5) is 0 Å². The number of hydrogen-bond donors (Lipinski definition) is 1. The van der Waals surface area contributed by atoms with Crippen molar-refractivity contribution in [2.75, 3.05) is 0 Å². The molecule has 0 amide bonds.